The van der Waals surface area contributed by atoms with Crippen LogP contribution in [0.15, 0.2) is 30.3 Å². The molecule has 0 heterocycles. The topological polar surface area (TPSA) is 108 Å². The molecule has 0 saturated heterocycles. The molecule has 0 aliphatic heterocycles. The van der Waals surface area contributed by atoms with E-state index in [0.717, 1.165) is 5.56 Å². The molecule has 0 spiro atoms. The van der Waals surface area contributed by atoms with Crippen LogP contribution in [0, 0.1) is 0 Å². The summed E-state index contributed by atoms with van der Waals surface area (Å²) in [6, 6.07) is 9.17. The highest BCUT2D eigenvalue weighted by molar-refractivity contribution is 6.05. The monoisotopic (exact) mass is 408 g/mol. The minimum absolute atomic E-state index is 0.0615. The normalized spacial score (nSPS) is 13.5. The number of hydrogen-bond donors (Lipinski definition) is 1. The Bertz CT molecular complexity index is 684. The predicted molar refractivity (Wildman–Crippen MR) is 108 cm³/mol. The van der Waals surface area contributed by atoms with E-state index in [-0.39, 0.29) is 26.1 Å². The van der Waals surface area contributed by atoms with Crippen molar-refractivity contribution in [2.24, 2.45) is 5.73 Å². The molecule has 1 rings (SSSR count). The van der Waals surface area contributed by atoms with Crippen molar-refractivity contribution in [2.75, 3.05) is 27.2 Å². The molecule has 0 aromatic heterocycles. The van der Waals surface area contributed by atoms with Crippen molar-refractivity contribution in [3.63, 3.8) is 0 Å². The number of nitrogens with two attached hydrogens (primary N) is 1. The van der Waals surface area contributed by atoms with Gasteiger partial charge in [-0.3, -0.25) is 4.79 Å². The second-order valence-corrected chi connectivity index (χ2v) is 8.06. The molecule has 0 fully saturated rings. The smallest absolute Gasteiger partial charge is 0.338 e. The van der Waals surface area contributed by atoms with Crippen LogP contribution >= 0.6 is 0 Å². The summed E-state index contributed by atoms with van der Waals surface area (Å²) in [5.74, 6) is -2.44. The van der Waals surface area contributed by atoms with Crippen molar-refractivity contribution in [3.8, 4) is 0 Å². The average molecular weight is 408 g/mol. The molecule has 2 N–H and O–H groups in total. The van der Waals surface area contributed by atoms with Crippen LogP contribution in [0.3, 0.4) is 0 Å². The van der Waals surface area contributed by atoms with Gasteiger partial charge in [0.2, 0.25) is 5.54 Å². The second kappa shape index (κ2) is 10.9. The van der Waals surface area contributed by atoms with Gasteiger partial charge >= 0.3 is 17.9 Å². The standard InChI is InChI=1S/C21H32N2O6/c1-20(2,3)29-19(26)21(22,18(25)27-14-13-23(4)5)12-11-17(24)28-15-16-9-7-6-8-10-16/h6-10H,11-15,22H2,1-5H3. The number of esters is 3. The van der Waals surface area contributed by atoms with Crippen LogP contribution in [0.25, 0.3) is 0 Å². The number of hydrogen-bond acceptors (Lipinski definition) is 8. The maximum atomic E-state index is 12.6. The van der Waals surface area contributed by atoms with Crippen LogP contribution in [-0.2, 0) is 35.2 Å². The number of carbonyl (C=O) groups is 3. The number of likely N-dealkylation sites (N-methyl/N-ethyl adjacent to an activating group) is 1. The Labute approximate surface area is 172 Å². The summed E-state index contributed by atoms with van der Waals surface area (Å²) in [7, 11) is 3.64. The molecular formula is C21H32N2O6. The molecule has 0 bridgehead atoms. The molecule has 1 atom stereocenters. The summed E-state index contributed by atoms with van der Waals surface area (Å²) in [5, 5.41) is 0. The lowest BCUT2D eigenvalue weighted by atomic mass is 9.94. The third-order valence-electron chi connectivity index (χ3n) is 3.87. The molecule has 0 saturated carbocycles. The van der Waals surface area contributed by atoms with Gasteiger partial charge in [0.1, 0.15) is 18.8 Å². The molecule has 162 valence electrons. The fourth-order valence-electron chi connectivity index (χ4n) is 2.22. The van der Waals surface area contributed by atoms with Crippen LogP contribution < -0.4 is 5.73 Å². The molecule has 0 aliphatic rings. The lowest BCUT2D eigenvalue weighted by Gasteiger charge is -2.29. The summed E-state index contributed by atoms with van der Waals surface area (Å²) in [6.45, 7) is 5.61. The zero-order valence-corrected chi connectivity index (χ0v) is 17.9. The molecule has 0 amide bonds. The van der Waals surface area contributed by atoms with Gasteiger partial charge < -0.3 is 24.8 Å². The van der Waals surface area contributed by atoms with Crippen LogP contribution in [-0.4, -0.2) is 61.2 Å². The first-order valence-electron chi connectivity index (χ1n) is 9.48. The van der Waals surface area contributed by atoms with Crippen LogP contribution in [0.2, 0.25) is 0 Å². The Morgan fingerprint density at radius 2 is 1.62 bits per heavy atom. The van der Waals surface area contributed by atoms with Gasteiger partial charge in [-0.05, 0) is 46.9 Å². The van der Waals surface area contributed by atoms with Crippen molar-refractivity contribution in [3.05, 3.63) is 35.9 Å². The lowest BCUT2D eigenvalue weighted by Crippen LogP contribution is -2.58. The van der Waals surface area contributed by atoms with Crippen molar-refractivity contribution in [2.45, 2.75) is 51.4 Å². The summed E-state index contributed by atoms with van der Waals surface area (Å²) in [5.41, 5.74) is 3.98. The summed E-state index contributed by atoms with van der Waals surface area (Å²) < 4.78 is 15.6. The molecule has 0 radical (unpaired) electrons. The van der Waals surface area contributed by atoms with Gasteiger partial charge in [-0.2, -0.15) is 0 Å². The van der Waals surface area contributed by atoms with Crippen LogP contribution in [0.5, 0.6) is 0 Å². The maximum absolute atomic E-state index is 12.6. The van der Waals surface area contributed by atoms with Gasteiger partial charge in [0.25, 0.3) is 0 Å². The highest BCUT2D eigenvalue weighted by atomic mass is 16.6. The number of benzene rings is 1. The Kier molecular flexibility index (Phi) is 9.26. The SMILES string of the molecule is CN(C)CCOC(=O)C(N)(CCC(=O)OCc1ccccc1)C(=O)OC(C)(C)C. The number of ether oxygens (including phenoxy) is 3. The van der Waals surface area contributed by atoms with E-state index in [9.17, 15) is 14.4 Å². The van der Waals surface area contributed by atoms with Gasteiger partial charge in [0.05, 0.1) is 0 Å². The summed E-state index contributed by atoms with van der Waals surface area (Å²) >= 11 is 0. The quantitative estimate of drug-likeness (QED) is 0.354. The molecule has 1 aromatic rings. The van der Waals surface area contributed by atoms with Gasteiger partial charge in [0.15, 0.2) is 0 Å². The van der Waals surface area contributed by atoms with E-state index >= 15 is 0 Å². The van der Waals surface area contributed by atoms with E-state index in [4.69, 9.17) is 19.9 Å². The Morgan fingerprint density at radius 3 is 2.17 bits per heavy atom. The fourth-order valence-corrected chi connectivity index (χ4v) is 2.22. The van der Waals surface area contributed by atoms with Crippen molar-refractivity contribution >= 4 is 17.9 Å². The van der Waals surface area contributed by atoms with E-state index in [1.807, 2.05) is 49.3 Å². The van der Waals surface area contributed by atoms with E-state index in [0.29, 0.717) is 6.54 Å². The third-order valence-corrected chi connectivity index (χ3v) is 3.87. The molecule has 1 aromatic carbocycles. The van der Waals surface area contributed by atoms with Gasteiger partial charge in [-0.15, -0.1) is 0 Å². The average Bonchev–Trinajstić information content (AvgIpc) is 2.63. The fraction of sp³-hybridized carbons (Fsp3) is 0.571. The maximum Gasteiger partial charge on any atom is 0.338 e. The first kappa shape index (κ1) is 24.6. The highest BCUT2D eigenvalue weighted by Gasteiger charge is 2.47. The van der Waals surface area contributed by atoms with Crippen LogP contribution in [0.1, 0.15) is 39.2 Å². The Balaban J connectivity index is 2.75. The van der Waals surface area contributed by atoms with Crippen molar-refractivity contribution in [1.82, 2.24) is 4.90 Å². The van der Waals surface area contributed by atoms with E-state index in [1.165, 1.54) is 0 Å². The lowest BCUT2D eigenvalue weighted by molar-refractivity contribution is -0.172. The number of carbonyl (C=O) groups excluding carboxylic acids is 3. The summed E-state index contributed by atoms with van der Waals surface area (Å²) in [4.78, 5) is 39.1. The number of nitrogens with zero attached hydrogens (tertiary/aromatic N) is 1. The van der Waals surface area contributed by atoms with Gasteiger partial charge in [-0.25, -0.2) is 9.59 Å². The Morgan fingerprint density at radius 1 is 1.00 bits per heavy atom. The van der Waals surface area contributed by atoms with Crippen molar-refractivity contribution < 1.29 is 28.6 Å². The third kappa shape index (κ3) is 9.06. The molecular weight excluding hydrogens is 376 g/mol. The first-order valence-corrected chi connectivity index (χ1v) is 9.48. The van der Waals surface area contributed by atoms with Crippen molar-refractivity contribution in [1.29, 1.82) is 0 Å². The molecule has 8 nitrogen and oxygen atoms in total. The summed E-state index contributed by atoms with van der Waals surface area (Å²) in [6.07, 6.45) is -0.512. The minimum atomic E-state index is -2.09. The Hall–Kier alpha value is -2.45. The van der Waals surface area contributed by atoms with Gasteiger partial charge in [0, 0.05) is 13.0 Å². The zero-order valence-electron chi connectivity index (χ0n) is 17.9. The van der Waals surface area contributed by atoms with E-state index in [2.05, 4.69) is 0 Å². The predicted octanol–water partition coefficient (Wildman–Crippen LogP) is 1.65. The minimum Gasteiger partial charge on any atom is -0.463 e. The number of rotatable bonds is 10. The zero-order chi connectivity index (χ0) is 22.1. The molecule has 0 aliphatic carbocycles. The van der Waals surface area contributed by atoms with E-state index < -0.39 is 29.0 Å². The molecule has 29 heavy (non-hydrogen) atoms. The second-order valence-electron chi connectivity index (χ2n) is 8.06. The van der Waals surface area contributed by atoms with Gasteiger partial charge in [-0.1, -0.05) is 30.3 Å². The first-order chi connectivity index (χ1) is 13.4. The molecule has 1 unspecified atom stereocenters. The largest absolute Gasteiger partial charge is 0.463 e. The van der Waals surface area contributed by atoms with Crippen LogP contribution in [0.4, 0.5) is 0 Å². The van der Waals surface area contributed by atoms with E-state index in [1.54, 1.807) is 20.8 Å². The highest BCUT2D eigenvalue weighted by Crippen LogP contribution is 2.20. The molecule has 8 heteroatoms.